The monoisotopic (exact) mass is 497 g/mol. The van der Waals surface area contributed by atoms with Crippen LogP contribution in [0.15, 0.2) is 67.1 Å². The van der Waals surface area contributed by atoms with Crippen molar-refractivity contribution < 1.29 is 9.18 Å². The molecule has 2 atom stereocenters. The van der Waals surface area contributed by atoms with E-state index in [0.717, 1.165) is 27.8 Å². The molecule has 0 aliphatic heterocycles. The van der Waals surface area contributed by atoms with Gasteiger partial charge in [0.15, 0.2) is 11.3 Å². The largest absolute Gasteiger partial charge is 0.367 e. The fourth-order valence-corrected chi connectivity index (χ4v) is 4.70. The number of pyridine rings is 1. The summed E-state index contributed by atoms with van der Waals surface area (Å²) in [5, 5.41) is 8.61. The summed E-state index contributed by atoms with van der Waals surface area (Å²) < 4.78 is 17.2. The van der Waals surface area contributed by atoms with Gasteiger partial charge in [-0.05, 0) is 37.6 Å². The molecule has 0 spiro atoms. The number of alkyl halides is 1. The lowest BCUT2D eigenvalue weighted by Crippen LogP contribution is -2.28. The number of hydrogen-bond donors (Lipinski definition) is 1. The fourth-order valence-electron chi connectivity index (χ4n) is 4.70. The fraction of sp³-hybridized carbons (Fsp3) is 0.286. The van der Waals surface area contributed by atoms with Crippen LogP contribution >= 0.6 is 0 Å². The summed E-state index contributed by atoms with van der Waals surface area (Å²) in [5.74, 6) is -0.384. The number of nitrogens with one attached hydrogen (secondary N) is 1. The van der Waals surface area contributed by atoms with Gasteiger partial charge in [-0.1, -0.05) is 30.3 Å². The molecule has 1 saturated carbocycles. The van der Waals surface area contributed by atoms with Crippen LogP contribution in [0.3, 0.4) is 0 Å². The highest BCUT2D eigenvalue weighted by molar-refractivity contribution is 5.96. The Bertz CT molecular complexity index is 1610. The number of anilines is 1. The zero-order chi connectivity index (χ0) is 25.7. The van der Waals surface area contributed by atoms with Crippen LogP contribution in [0.25, 0.3) is 27.9 Å². The Balaban J connectivity index is 1.52. The zero-order valence-corrected chi connectivity index (χ0v) is 21.0. The molecule has 37 heavy (non-hydrogen) atoms. The molecule has 5 aromatic rings. The maximum Gasteiger partial charge on any atom is 0.271 e. The third-order valence-corrected chi connectivity index (χ3v) is 6.81. The Morgan fingerprint density at radius 1 is 1.16 bits per heavy atom. The van der Waals surface area contributed by atoms with Crippen LogP contribution in [0.5, 0.6) is 0 Å². The molecule has 9 heteroatoms. The van der Waals surface area contributed by atoms with E-state index in [1.807, 2.05) is 43.4 Å². The van der Waals surface area contributed by atoms with Crippen molar-refractivity contribution in [2.75, 3.05) is 11.9 Å². The van der Waals surface area contributed by atoms with E-state index in [0.29, 0.717) is 24.3 Å². The molecule has 4 aromatic heterocycles. The second-order valence-electron chi connectivity index (χ2n) is 9.89. The maximum absolute atomic E-state index is 13.5. The molecule has 0 unspecified atom stereocenters. The summed E-state index contributed by atoms with van der Waals surface area (Å²) in [6, 6.07) is 15.9. The lowest BCUT2D eigenvalue weighted by Gasteiger charge is -2.21. The molecule has 8 nitrogen and oxygen atoms in total. The molecule has 1 amide bonds. The molecule has 4 heterocycles. The number of nitrogens with zero attached hydrogens (tertiary/aromatic N) is 6. The Morgan fingerprint density at radius 2 is 1.95 bits per heavy atom. The highest BCUT2D eigenvalue weighted by Gasteiger charge is 2.39. The Labute approximate surface area is 213 Å². The second kappa shape index (κ2) is 8.99. The maximum atomic E-state index is 13.5. The SMILES string of the molecule is CC(C)n1cc(-c2cc(N(C)Cc3ccccc3)c3ncc(C(=O)N[C@@H]4C[C@@H]4F)n3n2)c2cccnc21. The molecular weight excluding hydrogens is 469 g/mol. The van der Waals surface area contributed by atoms with Crippen LogP contribution in [0.1, 0.15) is 42.4 Å². The molecule has 188 valence electrons. The summed E-state index contributed by atoms with van der Waals surface area (Å²) in [5.41, 5.74) is 5.30. The van der Waals surface area contributed by atoms with Gasteiger partial charge in [0.2, 0.25) is 0 Å². The Kier molecular flexibility index (Phi) is 5.62. The van der Waals surface area contributed by atoms with Gasteiger partial charge in [0.25, 0.3) is 5.91 Å². The molecule has 0 bridgehead atoms. The molecule has 1 aromatic carbocycles. The van der Waals surface area contributed by atoms with Crippen molar-refractivity contribution >= 4 is 28.3 Å². The molecular formula is C28H28FN7O. The van der Waals surface area contributed by atoms with Gasteiger partial charge in [-0.25, -0.2) is 18.9 Å². The van der Waals surface area contributed by atoms with Crippen molar-refractivity contribution in [1.82, 2.24) is 29.5 Å². The van der Waals surface area contributed by atoms with E-state index >= 15 is 0 Å². The third-order valence-electron chi connectivity index (χ3n) is 6.81. The number of benzene rings is 1. The van der Waals surface area contributed by atoms with Crippen LogP contribution < -0.4 is 10.2 Å². The van der Waals surface area contributed by atoms with E-state index in [1.54, 1.807) is 10.7 Å². The average Bonchev–Trinajstić information content (AvgIpc) is 3.28. The summed E-state index contributed by atoms with van der Waals surface area (Å²) >= 11 is 0. The van der Waals surface area contributed by atoms with Crippen molar-refractivity contribution in [2.24, 2.45) is 0 Å². The van der Waals surface area contributed by atoms with Crippen LogP contribution in [-0.4, -0.2) is 49.3 Å². The van der Waals surface area contributed by atoms with Gasteiger partial charge in [0.1, 0.15) is 11.8 Å². The first-order valence-electron chi connectivity index (χ1n) is 12.5. The van der Waals surface area contributed by atoms with Crippen molar-refractivity contribution in [3.63, 3.8) is 0 Å². The van der Waals surface area contributed by atoms with Gasteiger partial charge in [-0.3, -0.25) is 4.79 Å². The summed E-state index contributed by atoms with van der Waals surface area (Å²) in [4.78, 5) is 24.3. The molecule has 1 aliphatic rings. The normalized spacial score (nSPS) is 17.0. The quantitative estimate of drug-likeness (QED) is 0.349. The number of fused-ring (bicyclic) bond motifs is 2. The first-order valence-corrected chi connectivity index (χ1v) is 12.5. The second-order valence-corrected chi connectivity index (χ2v) is 9.89. The molecule has 1 N–H and O–H groups in total. The predicted molar refractivity (Wildman–Crippen MR) is 141 cm³/mol. The molecule has 1 aliphatic carbocycles. The number of amides is 1. The van der Waals surface area contributed by atoms with E-state index in [2.05, 4.69) is 56.9 Å². The first-order chi connectivity index (χ1) is 17.9. The van der Waals surface area contributed by atoms with Crippen molar-refractivity contribution in [3.8, 4) is 11.3 Å². The molecule has 0 saturated heterocycles. The van der Waals surface area contributed by atoms with E-state index in [9.17, 15) is 9.18 Å². The van der Waals surface area contributed by atoms with Crippen LogP contribution in [0.2, 0.25) is 0 Å². The smallest absolute Gasteiger partial charge is 0.271 e. The Hall–Kier alpha value is -4.27. The number of carbonyl (C=O) groups excluding carboxylic acids is 1. The van der Waals surface area contributed by atoms with Crippen LogP contribution in [-0.2, 0) is 6.54 Å². The van der Waals surface area contributed by atoms with E-state index < -0.39 is 12.2 Å². The lowest BCUT2D eigenvalue weighted by atomic mass is 10.1. The third kappa shape index (κ3) is 4.20. The summed E-state index contributed by atoms with van der Waals surface area (Å²) in [6.45, 7) is 4.87. The standard InChI is InChI=1S/C28H28FN7O/c1-17(2)35-16-20(19-10-7-11-30-26(19)35)22-13-24(34(3)15-18-8-5-4-6-9-18)27-31-14-25(36(27)33-22)28(37)32-23-12-21(23)29/h4-11,13-14,16-17,21,23H,12,15H2,1-3H3,(H,32,37)/t21-,23+/m0/s1. The molecule has 6 rings (SSSR count). The van der Waals surface area contributed by atoms with E-state index in [4.69, 9.17) is 5.10 Å². The minimum absolute atomic E-state index is 0.205. The number of rotatable bonds is 7. The molecule has 1 fully saturated rings. The average molecular weight is 498 g/mol. The minimum atomic E-state index is -0.992. The highest BCUT2D eigenvalue weighted by Crippen LogP contribution is 2.34. The first kappa shape index (κ1) is 23.1. The predicted octanol–water partition coefficient (Wildman–Crippen LogP) is 4.80. The minimum Gasteiger partial charge on any atom is -0.367 e. The number of aromatic nitrogens is 5. The number of hydrogen-bond acceptors (Lipinski definition) is 5. The van der Waals surface area contributed by atoms with E-state index in [-0.39, 0.29) is 17.6 Å². The van der Waals surface area contributed by atoms with Gasteiger partial charge >= 0.3 is 0 Å². The van der Waals surface area contributed by atoms with Gasteiger partial charge in [0.05, 0.1) is 23.6 Å². The number of carbonyl (C=O) groups is 1. The van der Waals surface area contributed by atoms with Crippen molar-refractivity contribution in [2.45, 2.75) is 45.1 Å². The number of halogens is 1. The highest BCUT2D eigenvalue weighted by atomic mass is 19.1. The summed E-state index contributed by atoms with van der Waals surface area (Å²) in [6.07, 6.45) is 4.71. The van der Waals surface area contributed by atoms with Crippen molar-refractivity contribution in [3.05, 3.63) is 78.4 Å². The molecule has 0 radical (unpaired) electrons. The van der Waals surface area contributed by atoms with Crippen molar-refractivity contribution in [1.29, 1.82) is 0 Å². The van der Waals surface area contributed by atoms with Crippen LogP contribution in [0.4, 0.5) is 10.1 Å². The van der Waals surface area contributed by atoms with Crippen LogP contribution in [0, 0.1) is 0 Å². The van der Waals surface area contributed by atoms with E-state index in [1.165, 1.54) is 6.20 Å². The summed E-state index contributed by atoms with van der Waals surface area (Å²) in [7, 11) is 2.00. The van der Waals surface area contributed by atoms with Gasteiger partial charge in [-0.15, -0.1) is 0 Å². The zero-order valence-electron chi connectivity index (χ0n) is 21.0. The van der Waals surface area contributed by atoms with Gasteiger partial charge in [-0.2, -0.15) is 5.10 Å². The van der Waals surface area contributed by atoms with Gasteiger partial charge in [0, 0.05) is 49.4 Å². The number of imidazole rings is 1. The Morgan fingerprint density at radius 3 is 2.68 bits per heavy atom. The lowest BCUT2D eigenvalue weighted by molar-refractivity contribution is 0.0940. The topological polar surface area (TPSA) is 80.4 Å². The van der Waals surface area contributed by atoms with Gasteiger partial charge < -0.3 is 14.8 Å².